The molecule has 0 aliphatic carbocycles. The Hall–Kier alpha value is -1.38. The molecule has 1 unspecified atom stereocenters. The lowest BCUT2D eigenvalue weighted by atomic mass is 9.96. The molecular formula is C18H21ClFN. The molecule has 0 saturated carbocycles. The minimum absolute atomic E-state index is 0.165. The molecule has 1 nitrogen and oxygen atoms in total. The minimum atomic E-state index is -0.345. The quantitative estimate of drug-likeness (QED) is 0.780. The Balaban J connectivity index is 2.36. The zero-order valence-electron chi connectivity index (χ0n) is 12.5. The van der Waals surface area contributed by atoms with Crippen LogP contribution in [0.25, 0.3) is 0 Å². The van der Waals surface area contributed by atoms with Crippen LogP contribution in [-0.2, 0) is 6.42 Å². The summed E-state index contributed by atoms with van der Waals surface area (Å²) in [6, 6.07) is 13.3. The van der Waals surface area contributed by atoms with Gasteiger partial charge >= 0.3 is 0 Å². The lowest BCUT2D eigenvalue weighted by Gasteiger charge is -2.20. The van der Waals surface area contributed by atoms with E-state index in [-0.39, 0.29) is 16.9 Å². The van der Waals surface area contributed by atoms with Crippen molar-refractivity contribution in [2.75, 3.05) is 6.54 Å². The van der Waals surface area contributed by atoms with Crippen LogP contribution in [0, 0.1) is 5.82 Å². The predicted octanol–water partition coefficient (Wildman–Crippen LogP) is 5.13. The summed E-state index contributed by atoms with van der Waals surface area (Å²) in [7, 11) is 0. The molecule has 21 heavy (non-hydrogen) atoms. The zero-order valence-corrected chi connectivity index (χ0v) is 13.3. The molecule has 0 spiro atoms. The van der Waals surface area contributed by atoms with Crippen molar-refractivity contribution in [3.8, 4) is 0 Å². The zero-order chi connectivity index (χ0) is 15.2. The maximum atomic E-state index is 14.3. The van der Waals surface area contributed by atoms with Gasteiger partial charge in [0, 0.05) is 5.56 Å². The van der Waals surface area contributed by atoms with Crippen LogP contribution < -0.4 is 5.32 Å². The number of hydrogen-bond acceptors (Lipinski definition) is 1. The van der Waals surface area contributed by atoms with Gasteiger partial charge in [0.05, 0.1) is 11.1 Å². The number of nitrogens with one attached hydrogen (secondary N) is 1. The molecule has 1 atom stereocenters. The second-order valence-corrected chi connectivity index (χ2v) is 5.53. The second-order valence-electron chi connectivity index (χ2n) is 5.13. The summed E-state index contributed by atoms with van der Waals surface area (Å²) in [5.41, 5.74) is 2.95. The molecule has 0 aliphatic rings. The van der Waals surface area contributed by atoms with Gasteiger partial charge < -0.3 is 5.32 Å². The van der Waals surface area contributed by atoms with Crippen molar-refractivity contribution in [2.45, 2.75) is 32.7 Å². The summed E-state index contributed by atoms with van der Waals surface area (Å²) in [5.74, 6) is -0.345. The van der Waals surface area contributed by atoms with Crippen molar-refractivity contribution >= 4 is 11.6 Å². The average Bonchev–Trinajstić information content (AvgIpc) is 2.49. The van der Waals surface area contributed by atoms with Crippen LogP contribution in [-0.4, -0.2) is 6.54 Å². The molecule has 0 fully saturated rings. The van der Waals surface area contributed by atoms with Crippen molar-refractivity contribution in [1.29, 1.82) is 0 Å². The number of aryl methyl sites for hydroxylation is 1. The van der Waals surface area contributed by atoms with Gasteiger partial charge in [0.2, 0.25) is 0 Å². The maximum Gasteiger partial charge on any atom is 0.146 e. The van der Waals surface area contributed by atoms with Crippen LogP contribution in [0.4, 0.5) is 4.39 Å². The highest BCUT2D eigenvalue weighted by Crippen LogP contribution is 2.28. The van der Waals surface area contributed by atoms with Crippen LogP contribution >= 0.6 is 11.6 Å². The monoisotopic (exact) mass is 305 g/mol. The number of rotatable bonds is 6. The van der Waals surface area contributed by atoms with Gasteiger partial charge in [-0.15, -0.1) is 0 Å². The summed E-state index contributed by atoms with van der Waals surface area (Å²) in [5, 5.41) is 3.50. The van der Waals surface area contributed by atoms with Gasteiger partial charge in [-0.3, -0.25) is 0 Å². The molecule has 0 aromatic heterocycles. The van der Waals surface area contributed by atoms with Crippen molar-refractivity contribution in [2.24, 2.45) is 0 Å². The lowest BCUT2D eigenvalue weighted by Crippen LogP contribution is -2.23. The van der Waals surface area contributed by atoms with E-state index in [0.717, 1.165) is 24.9 Å². The Bertz CT molecular complexity index is 580. The Morgan fingerprint density at radius 3 is 2.43 bits per heavy atom. The first-order valence-electron chi connectivity index (χ1n) is 7.43. The first kappa shape index (κ1) is 16.0. The highest BCUT2D eigenvalue weighted by atomic mass is 35.5. The molecule has 1 N–H and O–H groups in total. The molecular weight excluding hydrogens is 285 g/mol. The van der Waals surface area contributed by atoms with Gasteiger partial charge in [-0.1, -0.05) is 68.3 Å². The summed E-state index contributed by atoms with van der Waals surface area (Å²) < 4.78 is 14.3. The SMILES string of the molecule is CCCc1ccc(C(NCC)c2cccc(Cl)c2F)cc1. The predicted molar refractivity (Wildman–Crippen MR) is 87.4 cm³/mol. The number of hydrogen-bond donors (Lipinski definition) is 1. The topological polar surface area (TPSA) is 12.0 Å². The molecule has 0 radical (unpaired) electrons. The van der Waals surface area contributed by atoms with E-state index < -0.39 is 0 Å². The van der Waals surface area contributed by atoms with E-state index in [9.17, 15) is 4.39 Å². The smallest absolute Gasteiger partial charge is 0.146 e. The fourth-order valence-corrected chi connectivity index (χ4v) is 2.70. The summed E-state index contributed by atoms with van der Waals surface area (Å²) in [4.78, 5) is 0. The minimum Gasteiger partial charge on any atom is -0.306 e. The van der Waals surface area contributed by atoms with Crippen molar-refractivity contribution in [3.63, 3.8) is 0 Å². The van der Waals surface area contributed by atoms with E-state index in [4.69, 9.17) is 11.6 Å². The van der Waals surface area contributed by atoms with Crippen LogP contribution in [0.2, 0.25) is 5.02 Å². The van der Waals surface area contributed by atoms with E-state index in [1.807, 2.05) is 6.92 Å². The van der Waals surface area contributed by atoms with E-state index in [0.29, 0.717) is 5.56 Å². The molecule has 0 aliphatic heterocycles. The number of halogens is 2. The summed E-state index contributed by atoms with van der Waals surface area (Å²) >= 11 is 5.91. The fourth-order valence-electron chi connectivity index (χ4n) is 2.52. The number of benzene rings is 2. The Morgan fingerprint density at radius 2 is 1.81 bits per heavy atom. The third kappa shape index (κ3) is 3.84. The first-order valence-corrected chi connectivity index (χ1v) is 7.81. The largest absolute Gasteiger partial charge is 0.306 e. The van der Waals surface area contributed by atoms with Crippen molar-refractivity contribution in [1.82, 2.24) is 5.32 Å². The van der Waals surface area contributed by atoms with E-state index in [1.165, 1.54) is 5.56 Å². The molecule has 0 saturated heterocycles. The van der Waals surface area contributed by atoms with Crippen LogP contribution in [0.3, 0.4) is 0 Å². The molecule has 0 bridgehead atoms. The Morgan fingerprint density at radius 1 is 1.10 bits per heavy atom. The highest BCUT2D eigenvalue weighted by Gasteiger charge is 2.18. The third-order valence-electron chi connectivity index (χ3n) is 3.55. The van der Waals surface area contributed by atoms with Crippen molar-refractivity contribution in [3.05, 3.63) is 70.0 Å². The van der Waals surface area contributed by atoms with E-state index >= 15 is 0 Å². The van der Waals surface area contributed by atoms with Crippen LogP contribution in [0.5, 0.6) is 0 Å². The molecule has 0 amide bonds. The van der Waals surface area contributed by atoms with Gasteiger partial charge in [-0.25, -0.2) is 4.39 Å². The first-order chi connectivity index (χ1) is 10.2. The van der Waals surface area contributed by atoms with Gasteiger partial charge in [0.1, 0.15) is 5.82 Å². The Kier molecular flexibility index (Phi) is 5.77. The molecule has 3 heteroatoms. The van der Waals surface area contributed by atoms with Crippen LogP contribution in [0.1, 0.15) is 43.0 Å². The standard InChI is InChI=1S/C18H21ClFN/c1-3-6-13-9-11-14(12-10-13)18(21-4-2)15-7-5-8-16(19)17(15)20/h5,7-12,18,21H,3-4,6H2,1-2H3. The molecule has 2 aromatic carbocycles. The van der Waals surface area contributed by atoms with Gasteiger partial charge in [-0.05, 0) is 30.2 Å². The normalized spacial score (nSPS) is 12.4. The summed E-state index contributed by atoms with van der Waals surface area (Å²) in [6.45, 7) is 4.94. The van der Waals surface area contributed by atoms with Gasteiger partial charge in [0.25, 0.3) is 0 Å². The highest BCUT2D eigenvalue weighted by molar-refractivity contribution is 6.30. The molecule has 2 aromatic rings. The fraction of sp³-hybridized carbons (Fsp3) is 0.333. The van der Waals surface area contributed by atoms with Crippen molar-refractivity contribution < 1.29 is 4.39 Å². The summed E-state index contributed by atoms with van der Waals surface area (Å²) in [6.07, 6.45) is 2.19. The maximum absolute atomic E-state index is 14.3. The van der Waals surface area contributed by atoms with Gasteiger partial charge in [-0.2, -0.15) is 0 Å². The third-order valence-corrected chi connectivity index (χ3v) is 3.84. The van der Waals surface area contributed by atoms with E-state index in [1.54, 1.807) is 18.2 Å². The Labute approximate surface area is 131 Å². The molecule has 112 valence electrons. The molecule has 0 heterocycles. The lowest BCUT2D eigenvalue weighted by molar-refractivity contribution is 0.559. The molecule has 2 rings (SSSR count). The average molecular weight is 306 g/mol. The second kappa shape index (κ2) is 7.58. The van der Waals surface area contributed by atoms with Crippen LogP contribution in [0.15, 0.2) is 42.5 Å². The van der Waals surface area contributed by atoms with Gasteiger partial charge in [0.15, 0.2) is 0 Å². The van der Waals surface area contributed by atoms with E-state index in [2.05, 4.69) is 36.5 Å².